The summed E-state index contributed by atoms with van der Waals surface area (Å²) in [7, 11) is 0. The zero-order chi connectivity index (χ0) is 16.4. The van der Waals surface area contributed by atoms with Crippen molar-refractivity contribution in [2.75, 3.05) is 0 Å². The first-order chi connectivity index (χ1) is 11.9. The molecule has 0 aliphatic rings. The van der Waals surface area contributed by atoms with Crippen LogP contribution in [-0.4, -0.2) is 0 Å². The van der Waals surface area contributed by atoms with Crippen molar-refractivity contribution < 1.29 is 0 Å². The first kappa shape index (κ1) is 15.0. The number of benzene rings is 4. The van der Waals surface area contributed by atoms with Gasteiger partial charge in [-0.3, -0.25) is 0 Å². The minimum Gasteiger partial charge on any atom is -0.0653 e. The Hall–Kier alpha value is -2.60. The Bertz CT molecular complexity index is 891. The van der Waals surface area contributed by atoms with Crippen molar-refractivity contribution in [3.63, 3.8) is 0 Å². The van der Waals surface area contributed by atoms with Crippen LogP contribution >= 0.6 is 0 Å². The Balaban J connectivity index is 1.96. The number of hydrogen-bond acceptors (Lipinski definition) is 0. The van der Waals surface area contributed by atoms with Crippen LogP contribution in [-0.2, 0) is 0 Å². The van der Waals surface area contributed by atoms with E-state index >= 15 is 0 Å². The fraction of sp³-hybridized carbons (Fsp3) is 0.125. The minimum absolute atomic E-state index is 1.09. The maximum Gasteiger partial charge on any atom is 0.0352 e. The molecule has 117 valence electrons. The average Bonchev–Trinajstić information content (AvgIpc) is 2.65. The van der Waals surface area contributed by atoms with E-state index in [1.165, 1.54) is 38.6 Å². The normalized spacial score (nSPS) is 11.4. The van der Waals surface area contributed by atoms with Crippen LogP contribution in [0.15, 0.2) is 84.9 Å². The first-order valence-electron chi connectivity index (χ1n) is 8.70. The molecule has 0 N–H and O–H groups in total. The molecule has 4 aromatic carbocycles. The van der Waals surface area contributed by atoms with Crippen LogP contribution in [0.5, 0.6) is 0 Å². The van der Waals surface area contributed by atoms with E-state index in [4.69, 9.17) is 0 Å². The van der Waals surface area contributed by atoms with Crippen LogP contribution in [0.2, 0.25) is 0 Å². The molecule has 0 aliphatic carbocycles. The van der Waals surface area contributed by atoms with Crippen LogP contribution in [0.1, 0.15) is 30.9 Å². The van der Waals surface area contributed by atoms with Gasteiger partial charge in [0.2, 0.25) is 0 Å². The third-order valence-corrected chi connectivity index (χ3v) is 4.73. The molecule has 0 amide bonds. The monoisotopic (exact) mass is 309 g/mol. The fourth-order valence-electron chi connectivity index (χ4n) is 3.64. The van der Waals surface area contributed by atoms with Gasteiger partial charge in [-0.05, 0) is 39.1 Å². The van der Waals surface area contributed by atoms with Gasteiger partial charge in [0.1, 0.15) is 0 Å². The molecular formula is C24H21. The zero-order valence-electron chi connectivity index (χ0n) is 14.0. The lowest BCUT2D eigenvalue weighted by molar-refractivity contribution is 0.854. The second kappa shape index (κ2) is 6.49. The molecule has 4 aromatic rings. The molecule has 0 heteroatoms. The largest absolute Gasteiger partial charge is 0.0653 e. The van der Waals surface area contributed by atoms with Crippen molar-refractivity contribution in [1.82, 2.24) is 0 Å². The minimum atomic E-state index is 1.09. The molecule has 0 aromatic heterocycles. The molecule has 0 nitrogen and oxygen atoms in total. The molecule has 0 saturated carbocycles. The summed E-state index contributed by atoms with van der Waals surface area (Å²) in [5.74, 6) is 1.45. The van der Waals surface area contributed by atoms with Gasteiger partial charge in [-0.25, -0.2) is 0 Å². The molecule has 0 atom stereocenters. The van der Waals surface area contributed by atoms with Crippen molar-refractivity contribution in [3.05, 3.63) is 102 Å². The summed E-state index contributed by atoms with van der Waals surface area (Å²) in [4.78, 5) is 0. The van der Waals surface area contributed by atoms with E-state index in [0.717, 1.165) is 12.8 Å². The molecule has 0 bridgehead atoms. The zero-order valence-corrected chi connectivity index (χ0v) is 14.0. The van der Waals surface area contributed by atoms with Crippen molar-refractivity contribution in [2.45, 2.75) is 19.8 Å². The van der Waals surface area contributed by atoms with Gasteiger partial charge < -0.3 is 0 Å². The van der Waals surface area contributed by atoms with Crippen molar-refractivity contribution in [1.29, 1.82) is 0 Å². The average molecular weight is 309 g/mol. The van der Waals surface area contributed by atoms with E-state index in [-0.39, 0.29) is 0 Å². The first-order valence-corrected chi connectivity index (χ1v) is 8.70. The summed E-state index contributed by atoms with van der Waals surface area (Å²) in [5, 5.41) is 5.31. The van der Waals surface area contributed by atoms with Gasteiger partial charge in [-0.1, -0.05) is 98.3 Å². The Morgan fingerprint density at radius 1 is 0.583 bits per heavy atom. The van der Waals surface area contributed by atoms with Gasteiger partial charge in [0.25, 0.3) is 0 Å². The molecule has 0 saturated heterocycles. The third kappa shape index (κ3) is 2.59. The third-order valence-electron chi connectivity index (χ3n) is 4.73. The smallest absolute Gasteiger partial charge is 0.0352 e. The molecule has 0 spiro atoms. The molecule has 1 radical (unpaired) electrons. The number of fused-ring (bicyclic) bond motifs is 2. The predicted octanol–water partition coefficient (Wildman–Crippen LogP) is 6.76. The van der Waals surface area contributed by atoms with E-state index in [1.807, 2.05) is 0 Å². The maximum atomic E-state index is 2.27. The molecule has 0 heterocycles. The predicted molar refractivity (Wildman–Crippen MR) is 104 cm³/mol. The summed E-state index contributed by atoms with van der Waals surface area (Å²) in [6, 6.07) is 30.7. The van der Waals surface area contributed by atoms with Gasteiger partial charge in [0.15, 0.2) is 0 Å². The van der Waals surface area contributed by atoms with Gasteiger partial charge in [0, 0.05) is 5.92 Å². The molecule has 0 aliphatic heterocycles. The number of hydrogen-bond donors (Lipinski definition) is 0. The van der Waals surface area contributed by atoms with E-state index in [2.05, 4.69) is 91.9 Å². The lowest BCUT2D eigenvalue weighted by Crippen LogP contribution is -2.04. The Labute approximate surface area is 143 Å². The second-order valence-electron chi connectivity index (χ2n) is 6.28. The van der Waals surface area contributed by atoms with Crippen molar-refractivity contribution in [3.8, 4) is 0 Å². The van der Waals surface area contributed by atoms with Crippen molar-refractivity contribution in [2.24, 2.45) is 0 Å². The van der Waals surface area contributed by atoms with Crippen LogP contribution in [0.4, 0.5) is 0 Å². The quantitative estimate of drug-likeness (QED) is 0.390. The lowest BCUT2D eigenvalue weighted by atomic mass is 9.83. The van der Waals surface area contributed by atoms with Crippen LogP contribution in [0.25, 0.3) is 21.5 Å². The summed E-state index contributed by atoms with van der Waals surface area (Å²) in [5.41, 5.74) is 2.73. The summed E-state index contributed by atoms with van der Waals surface area (Å²) < 4.78 is 0. The van der Waals surface area contributed by atoms with Crippen LogP contribution in [0.3, 0.4) is 0 Å². The van der Waals surface area contributed by atoms with E-state index in [1.54, 1.807) is 0 Å². The molecule has 4 rings (SSSR count). The van der Waals surface area contributed by atoms with E-state index in [9.17, 15) is 0 Å². The summed E-state index contributed by atoms with van der Waals surface area (Å²) in [6.45, 7) is 2.26. The summed E-state index contributed by atoms with van der Waals surface area (Å²) >= 11 is 0. The highest BCUT2D eigenvalue weighted by Crippen LogP contribution is 2.36. The standard InChI is InChI=1S/C24H21/c1-2-9-22(23-16-7-12-18-10-3-5-14-20(18)23)24-17-8-13-19-11-4-6-15-21(19)24/h3-8,10-17H,2,9H2,1H3. The Kier molecular flexibility index (Phi) is 4.04. The topological polar surface area (TPSA) is 0 Å². The van der Waals surface area contributed by atoms with Gasteiger partial charge in [-0.2, -0.15) is 0 Å². The van der Waals surface area contributed by atoms with Gasteiger partial charge in [-0.15, -0.1) is 0 Å². The Morgan fingerprint density at radius 2 is 1.04 bits per heavy atom. The SMILES string of the molecule is CCC[C](c1cccc2ccccc12)c1cccc2ccccc12. The summed E-state index contributed by atoms with van der Waals surface area (Å²) in [6.07, 6.45) is 2.23. The second-order valence-corrected chi connectivity index (χ2v) is 6.28. The van der Waals surface area contributed by atoms with Crippen molar-refractivity contribution >= 4 is 21.5 Å². The fourth-order valence-corrected chi connectivity index (χ4v) is 3.64. The van der Waals surface area contributed by atoms with E-state index < -0.39 is 0 Å². The highest BCUT2D eigenvalue weighted by atomic mass is 14.2. The van der Waals surface area contributed by atoms with Crippen LogP contribution < -0.4 is 0 Å². The van der Waals surface area contributed by atoms with Gasteiger partial charge >= 0.3 is 0 Å². The number of rotatable bonds is 4. The van der Waals surface area contributed by atoms with Crippen LogP contribution in [0, 0.1) is 5.92 Å². The molecular weight excluding hydrogens is 288 g/mol. The van der Waals surface area contributed by atoms with Gasteiger partial charge in [0.05, 0.1) is 0 Å². The molecule has 0 unspecified atom stereocenters. The highest BCUT2D eigenvalue weighted by molar-refractivity contribution is 5.92. The molecule has 24 heavy (non-hydrogen) atoms. The lowest BCUT2D eigenvalue weighted by Gasteiger charge is -2.20. The van der Waals surface area contributed by atoms with E-state index in [0.29, 0.717) is 0 Å². The Morgan fingerprint density at radius 3 is 1.54 bits per heavy atom. The highest BCUT2D eigenvalue weighted by Gasteiger charge is 2.18. The molecule has 0 fully saturated rings. The maximum absolute atomic E-state index is 2.27.